The monoisotopic (exact) mass is 510 g/mol. The fourth-order valence-electron chi connectivity index (χ4n) is 8.26. The number of methoxy groups -OCH3 is 1. The van der Waals surface area contributed by atoms with Gasteiger partial charge >= 0.3 is 11.9 Å². The highest BCUT2D eigenvalue weighted by atomic mass is 16.7. The minimum Gasteiger partial charge on any atom is -0.453 e. The van der Waals surface area contributed by atoms with Gasteiger partial charge in [0.2, 0.25) is 5.79 Å². The van der Waals surface area contributed by atoms with E-state index in [1.165, 1.54) is 19.3 Å². The highest BCUT2D eigenvalue weighted by Crippen LogP contribution is 2.69. The zero-order valence-corrected chi connectivity index (χ0v) is 22.3. The average molecular weight is 511 g/mol. The molecular formula is C30H38O7. The van der Waals surface area contributed by atoms with Gasteiger partial charge in [0.15, 0.2) is 6.10 Å². The average Bonchev–Trinajstić information content (AvgIpc) is 3.21. The second kappa shape index (κ2) is 8.79. The number of hydrogen-bond acceptors (Lipinski definition) is 7. The normalized spacial score (nSPS) is 42.3. The van der Waals surface area contributed by atoms with E-state index >= 15 is 0 Å². The van der Waals surface area contributed by atoms with Gasteiger partial charge in [0.25, 0.3) is 0 Å². The zero-order chi connectivity index (χ0) is 26.8. The second-order valence-corrected chi connectivity index (χ2v) is 12.2. The Hall–Kier alpha value is -2.48. The standard InChI is InChI=1S/C30H38O7/c1-18-20-16-23(32)37-29(20,35-5)17-21-24(18)25(33)26(30(34)27(2,3)14-9-15-28(21,30)4)36-22(31)13-12-19-10-7-6-8-11-19/h6-8,10-13,16,18,21,24-26,33-34H,9,14-15,17H2,1-5H3/b13-12+/t18-,21-,24-,25+,26+,28+,29+,30+/m0/s1. The molecular weight excluding hydrogens is 472 g/mol. The van der Waals surface area contributed by atoms with Gasteiger partial charge in [-0.3, -0.25) is 0 Å². The molecule has 7 nitrogen and oxygen atoms in total. The summed E-state index contributed by atoms with van der Waals surface area (Å²) >= 11 is 0. The third-order valence-corrected chi connectivity index (χ3v) is 10.1. The number of hydrogen-bond donors (Lipinski definition) is 2. The third-order valence-electron chi connectivity index (χ3n) is 10.1. The van der Waals surface area contributed by atoms with Crippen LogP contribution in [0.15, 0.2) is 48.1 Å². The molecule has 0 radical (unpaired) electrons. The molecule has 7 heteroatoms. The maximum atomic E-state index is 13.1. The Morgan fingerprint density at radius 2 is 1.86 bits per heavy atom. The Balaban J connectivity index is 1.57. The molecule has 1 heterocycles. The molecule has 5 rings (SSSR count). The largest absolute Gasteiger partial charge is 0.453 e. The van der Waals surface area contributed by atoms with Crippen molar-refractivity contribution >= 4 is 18.0 Å². The predicted octanol–water partition coefficient (Wildman–Crippen LogP) is 4.03. The Kier molecular flexibility index (Phi) is 6.21. The Morgan fingerprint density at radius 1 is 1.16 bits per heavy atom. The second-order valence-electron chi connectivity index (χ2n) is 12.2. The number of fused-ring (bicyclic) bond motifs is 4. The molecule has 1 aromatic rings. The van der Waals surface area contributed by atoms with Crippen LogP contribution in [-0.4, -0.2) is 52.9 Å². The summed E-state index contributed by atoms with van der Waals surface area (Å²) in [4.78, 5) is 25.5. The number of benzene rings is 1. The summed E-state index contributed by atoms with van der Waals surface area (Å²) in [6, 6.07) is 9.41. The Bertz CT molecular complexity index is 1140. The van der Waals surface area contributed by atoms with Crippen molar-refractivity contribution in [1.82, 2.24) is 0 Å². The summed E-state index contributed by atoms with van der Waals surface area (Å²) in [6.07, 6.45) is 4.82. The van der Waals surface area contributed by atoms with Crippen LogP contribution in [0.4, 0.5) is 0 Å². The van der Waals surface area contributed by atoms with Gasteiger partial charge in [-0.2, -0.15) is 0 Å². The molecule has 1 aromatic carbocycles. The lowest BCUT2D eigenvalue weighted by Gasteiger charge is -2.69. The van der Waals surface area contributed by atoms with Crippen LogP contribution in [0.2, 0.25) is 0 Å². The number of aliphatic hydroxyl groups is 2. The van der Waals surface area contributed by atoms with Gasteiger partial charge in [0, 0.05) is 36.7 Å². The lowest BCUT2D eigenvalue weighted by atomic mass is 9.39. The van der Waals surface area contributed by atoms with Crippen molar-refractivity contribution in [3.05, 3.63) is 53.6 Å². The third kappa shape index (κ3) is 3.65. The molecule has 3 fully saturated rings. The van der Waals surface area contributed by atoms with E-state index in [-0.39, 0.29) is 17.8 Å². The van der Waals surface area contributed by atoms with Crippen LogP contribution in [-0.2, 0) is 23.8 Å². The molecule has 0 aromatic heterocycles. The van der Waals surface area contributed by atoms with Crippen molar-refractivity contribution in [1.29, 1.82) is 0 Å². The smallest absolute Gasteiger partial charge is 0.333 e. The van der Waals surface area contributed by atoms with E-state index in [1.54, 1.807) is 6.08 Å². The molecule has 8 atom stereocenters. The number of carbonyl (C=O) groups excluding carboxylic acids is 2. The maximum absolute atomic E-state index is 13.1. The Labute approximate surface area is 218 Å². The molecule has 3 saturated carbocycles. The summed E-state index contributed by atoms with van der Waals surface area (Å²) in [6.45, 7) is 7.96. The molecule has 200 valence electrons. The molecule has 1 aliphatic heterocycles. The van der Waals surface area contributed by atoms with E-state index in [2.05, 4.69) is 0 Å². The zero-order valence-electron chi connectivity index (χ0n) is 22.3. The number of carbonyl (C=O) groups is 2. The van der Waals surface area contributed by atoms with E-state index < -0.39 is 46.4 Å². The van der Waals surface area contributed by atoms with Gasteiger partial charge in [0.05, 0.1) is 6.10 Å². The van der Waals surface area contributed by atoms with E-state index in [9.17, 15) is 19.8 Å². The number of rotatable bonds is 4. The molecule has 4 aliphatic rings. The number of esters is 2. The van der Waals surface area contributed by atoms with Gasteiger partial charge < -0.3 is 24.4 Å². The van der Waals surface area contributed by atoms with Crippen LogP contribution in [0.3, 0.4) is 0 Å². The van der Waals surface area contributed by atoms with Crippen molar-refractivity contribution in [2.45, 2.75) is 77.0 Å². The van der Waals surface area contributed by atoms with E-state index in [0.29, 0.717) is 18.4 Å². The first-order valence-corrected chi connectivity index (χ1v) is 13.2. The lowest BCUT2D eigenvalue weighted by Crippen LogP contribution is -2.77. The fourth-order valence-corrected chi connectivity index (χ4v) is 8.26. The van der Waals surface area contributed by atoms with Crippen molar-refractivity contribution in [2.75, 3.05) is 7.11 Å². The fraction of sp³-hybridized carbons (Fsp3) is 0.600. The molecule has 0 saturated heterocycles. The first-order valence-electron chi connectivity index (χ1n) is 13.2. The molecule has 0 spiro atoms. The number of ether oxygens (including phenoxy) is 3. The lowest BCUT2D eigenvalue weighted by molar-refractivity contribution is -0.332. The molecule has 3 aliphatic carbocycles. The summed E-state index contributed by atoms with van der Waals surface area (Å²) in [5.41, 5.74) is -1.36. The molecule has 0 amide bonds. The van der Waals surface area contributed by atoms with Crippen molar-refractivity contribution in [2.24, 2.45) is 28.6 Å². The SMILES string of the molecule is CO[C@@]12C[C@H]3[C@@H]([C@@H](O)[C@@H](OC(=O)/C=C/c4ccccc4)[C@@]4(O)C(C)(C)CCC[C@]34C)[C@@H](C)C1=CC(=O)O2. The van der Waals surface area contributed by atoms with Crippen molar-refractivity contribution in [3.8, 4) is 0 Å². The van der Waals surface area contributed by atoms with Crippen molar-refractivity contribution in [3.63, 3.8) is 0 Å². The first-order chi connectivity index (χ1) is 17.4. The van der Waals surface area contributed by atoms with Gasteiger partial charge in [0.1, 0.15) is 5.60 Å². The topological polar surface area (TPSA) is 102 Å². The van der Waals surface area contributed by atoms with Crippen LogP contribution in [0.5, 0.6) is 0 Å². The molecule has 2 N–H and O–H groups in total. The van der Waals surface area contributed by atoms with Crippen LogP contribution in [0.25, 0.3) is 6.08 Å². The summed E-state index contributed by atoms with van der Waals surface area (Å²) in [7, 11) is 1.53. The van der Waals surface area contributed by atoms with Crippen LogP contribution in [0, 0.1) is 28.6 Å². The maximum Gasteiger partial charge on any atom is 0.333 e. The molecule has 0 bridgehead atoms. The van der Waals surface area contributed by atoms with Gasteiger partial charge in [-0.1, -0.05) is 64.4 Å². The summed E-state index contributed by atoms with van der Waals surface area (Å²) in [5.74, 6) is -3.16. The van der Waals surface area contributed by atoms with Crippen LogP contribution >= 0.6 is 0 Å². The van der Waals surface area contributed by atoms with E-state index in [0.717, 1.165) is 18.4 Å². The van der Waals surface area contributed by atoms with Gasteiger partial charge in [-0.05, 0) is 47.6 Å². The van der Waals surface area contributed by atoms with Crippen molar-refractivity contribution < 1.29 is 34.0 Å². The predicted molar refractivity (Wildman–Crippen MR) is 137 cm³/mol. The number of aliphatic hydroxyl groups excluding tert-OH is 1. The minimum atomic E-state index is -1.52. The summed E-state index contributed by atoms with van der Waals surface area (Å²) < 4.78 is 17.6. The quantitative estimate of drug-likeness (QED) is 0.466. The van der Waals surface area contributed by atoms with Crippen LogP contribution < -0.4 is 0 Å². The molecule has 37 heavy (non-hydrogen) atoms. The van der Waals surface area contributed by atoms with E-state index in [1.807, 2.05) is 58.0 Å². The minimum absolute atomic E-state index is 0.236. The van der Waals surface area contributed by atoms with Crippen LogP contribution in [0.1, 0.15) is 58.9 Å². The Morgan fingerprint density at radius 3 is 2.54 bits per heavy atom. The first kappa shape index (κ1) is 26.1. The highest BCUT2D eigenvalue weighted by molar-refractivity contribution is 5.87. The summed E-state index contributed by atoms with van der Waals surface area (Å²) in [5, 5.41) is 24.6. The highest BCUT2D eigenvalue weighted by Gasteiger charge is 2.75. The van der Waals surface area contributed by atoms with E-state index in [4.69, 9.17) is 14.2 Å². The van der Waals surface area contributed by atoms with Gasteiger partial charge in [-0.25, -0.2) is 9.59 Å². The van der Waals surface area contributed by atoms with Gasteiger partial charge in [-0.15, -0.1) is 0 Å². The molecule has 0 unspecified atom stereocenters.